The quantitative estimate of drug-likeness (QED) is 0.685. The Bertz CT molecular complexity index is 593. The maximum Gasteiger partial charge on any atom is 0.179 e. The van der Waals surface area contributed by atoms with Gasteiger partial charge >= 0.3 is 0 Å². The van der Waals surface area contributed by atoms with Gasteiger partial charge in [-0.1, -0.05) is 13.0 Å². The van der Waals surface area contributed by atoms with Gasteiger partial charge in [-0.15, -0.1) is 0 Å². The Hall–Kier alpha value is -1.72. The third kappa shape index (κ3) is 2.66. The molecule has 2 N–H and O–H groups in total. The van der Waals surface area contributed by atoms with Crippen LogP contribution in [0.2, 0.25) is 0 Å². The second kappa shape index (κ2) is 5.48. The van der Waals surface area contributed by atoms with Gasteiger partial charge in [-0.25, -0.2) is 0 Å². The largest absolute Gasteiger partial charge is 0.412 e. The highest BCUT2D eigenvalue weighted by Crippen LogP contribution is 2.40. The molecule has 0 spiro atoms. The first-order valence-corrected chi connectivity index (χ1v) is 7.42. The van der Waals surface area contributed by atoms with E-state index in [2.05, 4.69) is 0 Å². The predicted molar refractivity (Wildman–Crippen MR) is 82.6 cm³/mol. The number of ketones is 2. The summed E-state index contributed by atoms with van der Waals surface area (Å²) >= 11 is 0. The molecule has 1 aliphatic heterocycles. The van der Waals surface area contributed by atoms with E-state index in [0.29, 0.717) is 17.7 Å². The van der Waals surface area contributed by atoms with Crippen molar-refractivity contribution < 1.29 is 19.2 Å². The van der Waals surface area contributed by atoms with Crippen LogP contribution in [0.5, 0.6) is 5.75 Å². The minimum atomic E-state index is -1.00. The third-order valence-electron chi connectivity index (χ3n) is 4.16. The van der Waals surface area contributed by atoms with E-state index in [4.69, 9.17) is 15.5 Å². The topological polar surface area (TPSA) is 78.6 Å². The summed E-state index contributed by atoms with van der Waals surface area (Å²) in [6.07, 6.45) is 0.672. The maximum absolute atomic E-state index is 12.8. The highest BCUT2D eigenvalue weighted by Gasteiger charge is 2.53. The first-order chi connectivity index (χ1) is 10.1. The van der Waals surface area contributed by atoms with Gasteiger partial charge < -0.3 is 9.57 Å². The molecule has 0 atom stereocenters. The molecule has 5 heteroatoms. The zero-order valence-corrected chi connectivity index (χ0v) is 13.7. The minimum Gasteiger partial charge on any atom is -0.412 e. The predicted octanol–water partition coefficient (Wildman–Crippen LogP) is 2.31. The molecule has 0 aromatic heterocycles. The molecular weight excluding hydrogens is 282 g/mol. The van der Waals surface area contributed by atoms with Crippen LogP contribution in [0.25, 0.3) is 0 Å². The summed E-state index contributed by atoms with van der Waals surface area (Å²) in [6, 6.07) is 5.19. The average Bonchev–Trinajstić information content (AvgIpc) is 2.45. The number of carbonyl (C=O) groups excluding carboxylic acids is 2. The monoisotopic (exact) mass is 305 g/mol. The van der Waals surface area contributed by atoms with Crippen LogP contribution in [0.1, 0.15) is 51.7 Å². The summed E-state index contributed by atoms with van der Waals surface area (Å²) in [5.41, 5.74) is -0.419. The maximum atomic E-state index is 12.8. The fourth-order valence-corrected chi connectivity index (χ4v) is 3.08. The Labute approximate surface area is 130 Å². The Morgan fingerprint density at radius 1 is 1.14 bits per heavy atom. The highest BCUT2D eigenvalue weighted by molar-refractivity contribution is 6.15. The first kappa shape index (κ1) is 16.6. The summed E-state index contributed by atoms with van der Waals surface area (Å²) in [4.78, 5) is 30.3. The summed E-state index contributed by atoms with van der Waals surface area (Å²) in [5, 5.41) is 0. The summed E-state index contributed by atoms with van der Waals surface area (Å²) in [7, 11) is 0. The Morgan fingerprint density at radius 3 is 2.14 bits per heavy atom. The molecule has 2 rings (SSSR count). The lowest BCUT2D eigenvalue weighted by atomic mass is 9.74. The number of aryl methyl sites for hydroxylation is 1. The minimum absolute atomic E-state index is 0.215. The van der Waals surface area contributed by atoms with Gasteiger partial charge in [0.15, 0.2) is 11.6 Å². The zero-order chi connectivity index (χ0) is 16.7. The van der Waals surface area contributed by atoms with Crippen LogP contribution in [0.3, 0.4) is 0 Å². The molecule has 1 aromatic rings. The van der Waals surface area contributed by atoms with E-state index in [-0.39, 0.29) is 11.6 Å². The van der Waals surface area contributed by atoms with Crippen LogP contribution in [0, 0.1) is 0 Å². The number of benzene rings is 1. The second-order valence-corrected chi connectivity index (χ2v) is 6.62. The molecule has 1 heterocycles. The molecule has 0 bridgehead atoms. The second-order valence-electron chi connectivity index (χ2n) is 6.62. The van der Waals surface area contributed by atoms with Crippen molar-refractivity contribution in [3.63, 3.8) is 0 Å². The van der Waals surface area contributed by atoms with Crippen LogP contribution in [-0.4, -0.2) is 22.8 Å². The van der Waals surface area contributed by atoms with Gasteiger partial charge in [-0.05, 0) is 57.4 Å². The number of Topliss-reactive ketones (excluding diaryl/α,β-unsaturated/α-hetero) is 2. The van der Waals surface area contributed by atoms with Crippen molar-refractivity contribution in [3.05, 3.63) is 29.3 Å². The molecular formula is C17H23NO4. The number of hydrogen-bond donors (Lipinski definition) is 1. The number of hydrogen-bond acceptors (Lipinski definition) is 5. The third-order valence-corrected chi connectivity index (χ3v) is 4.16. The molecule has 1 saturated heterocycles. The molecule has 1 aliphatic rings. The molecule has 0 saturated carbocycles. The van der Waals surface area contributed by atoms with Gasteiger partial charge in [-0.2, -0.15) is 5.90 Å². The van der Waals surface area contributed by atoms with Crippen LogP contribution < -0.4 is 10.7 Å². The van der Waals surface area contributed by atoms with Gasteiger partial charge in [-0.3, -0.25) is 9.59 Å². The standard InChI is InChI=1S/C17H23NO4/c1-6-10-9-11(21-18)7-8-12(10)13-14(19)16(2,3)22-17(4,5)15(13)20/h7-9,13H,6,18H2,1-5H3. The fourth-order valence-electron chi connectivity index (χ4n) is 3.08. The van der Waals surface area contributed by atoms with Crippen LogP contribution in [0.15, 0.2) is 18.2 Å². The fraction of sp³-hybridized carbons (Fsp3) is 0.529. The van der Waals surface area contributed by atoms with Crippen molar-refractivity contribution in [2.24, 2.45) is 5.90 Å². The molecule has 0 aliphatic carbocycles. The number of carbonyl (C=O) groups is 2. The van der Waals surface area contributed by atoms with Crippen molar-refractivity contribution in [1.82, 2.24) is 0 Å². The van der Waals surface area contributed by atoms with E-state index in [1.54, 1.807) is 45.9 Å². The van der Waals surface area contributed by atoms with Gasteiger partial charge in [0.05, 0.1) is 0 Å². The van der Waals surface area contributed by atoms with E-state index >= 15 is 0 Å². The summed E-state index contributed by atoms with van der Waals surface area (Å²) < 4.78 is 5.71. The molecule has 1 fully saturated rings. The number of nitrogens with two attached hydrogens (primary N) is 1. The molecule has 0 unspecified atom stereocenters. The normalized spacial score (nSPS) is 21.0. The van der Waals surface area contributed by atoms with E-state index in [1.807, 2.05) is 6.92 Å². The van der Waals surface area contributed by atoms with Gasteiger partial charge in [0.25, 0.3) is 0 Å². The van der Waals surface area contributed by atoms with Crippen molar-refractivity contribution in [2.45, 2.75) is 58.2 Å². The average molecular weight is 305 g/mol. The summed E-state index contributed by atoms with van der Waals surface area (Å²) in [5.74, 6) is 4.45. The van der Waals surface area contributed by atoms with E-state index in [9.17, 15) is 9.59 Å². The van der Waals surface area contributed by atoms with Crippen LogP contribution in [-0.2, 0) is 20.7 Å². The SMILES string of the molecule is CCc1cc(ON)ccc1C1C(=O)C(C)(C)OC(C)(C)C1=O. The summed E-state index contributed by atoms with van der Waals surface area (Å²) in [6.45, 7) is 8.79. The first-order valence-electron chi connectivity index (χ1n) is 7.42. The van der Waals surface area contributed by atoms with E-state index < -0.39 is 17.1 Å². The van der Waals surface area contributed by atoms with Crippen molar-refractivity contribution in [1.29, 1.82) is 0 Å². The van der Waals surface area contributed by atoms with Gasteiger partial charge in [0.1, 0.15) is 22.9 Å². The van der Waals surface area contributed by atoms with Crippen molar-refractivity contribution in [2.75, 3.05) is 0 Å². The van der Waals surface area contributed by atoms with E-state index in [1.165, 1.54) is 0 Å². The lowest BCUT2D eigenvalue weighted by molar-refractivity contribution is -0.184. The Kier molecular flexibility index (Phi) is 4.15. The Morgan fingerprint density at radius 2 is 1.68 bits per heavy atom. The lowest BCUT2D eigenvalue weighted by Crippen LogP contribution is -2.58. The van der Waals surface area contributed by atoms with E-state index in [0.717, 1.165) is 5.56 Å². The van der Waals surface area contributed by atoms with Gasteiger partial charge in [0, 0.05) is 0 Å². The molecule has 1 aromatic carbocycles. The molecule has 0 amide bonds. The van der Waals surface area contributed by atoms with Gasteiger partial charge in [0.2, 0.25) is 0 Å². The molecule has 0 radical (unpaired) electrons. The lowest BCUT2D eigenvalue weighted by Gasteiger charge is -2.43. The molecule has 5 nitrogen and oxygen atoms in total. The highest BCUT2D eigenvalue weighted by atomic mass is 16.6. The van der Waals surface area contributed by atoms with Crippen molar-refractivity contribution >= 4 is 11.6 Å². The smallest absolute Gasteiger partial charge is 0.179 e. The molecule has 120 valence electrons. The van der Waals surface area contributed by atoms with Crippen LogP contribution in [0.4, 0.5) is 0 Å². The van der Waals surface area contributed by atoms with Crippen LogP contribution >= 0.6 is 0 Å². The van der Waals surface area contributed by atoms with Crippen molar-refractivity contribution in [3.8, 4) is 5.75 Å². The number of rotatable bonds is 3. The number of ether oxygens (including phenoxy) is 1. The zero-order valence-electron chi connectivity index (χ0n) is 13.7. The Balaban J connectivity index is 2.58. The molecule has 22 heavy (non-hydrogen) atoms.